The Morgan fingerprint density at radius 3 is 2.30 bits per heavy atom. The molecule has 4 aromatic carbocycles. The number of ether oxygens (including phenoxy) is 1. The van der Waals surface area contributed by atoms with Gasteiger partial charge >= 0.3 is 20.4 Å². The van der Waals surface area contributed by atoms with Crippen molar-refractivity contribution in [3.8, 4) is 34.1 Å². The van der Waals surface area contributed by atoms with Gasteiger partial charge in [0.2, 0.25) is 0 Å². The monoisotopic (exact) mass is 694 g/mol. The van der Waals surface area contributed by atoms with Gasteiger partial charge in [0.1, 0.15) is 5.82 Å². The molecule has 3 aromatic heterocycles. The molecule has 5 nitrogen and oxygen atoms in total. The van der Waals surface area contributed by atoms with Gasteiger partial charge in [0.25, 0.3) is 0 Å². The zero-order chi connectivity index (χ0) is 31.1. The molecule has 7 aromatic rings. The molecule has 0 spiro atoms. The van der Waals surface area contributed by atoms with Crippen LogP contribution in [0.2, 0.25) is 0 Å². The molecule has 3 heterocycles. The maximum Gasteiger partial charge on any atom is 2.00 e. The van der Waals surface area contributed by atoms with E-state index in [0.717, 1.165) is 63.8 Å². The van der Waals surface area contributed by atoms with Crippen LogP contribution in [0.4, 0.5) is 0 Å². The minimum atomic E-state index is 0. The Morgan fingerprint density at radius 2 is 1.52 bits per heavy atom. The van der Waals surface area contributed by atoms with Crippen LogP contribution in [0, 0.1) is 39.8 Å². The van der Waals surface area contributed by atoms with Gasteiger partial charge in [-0.2, -0.15) is 17.2 Å². The van der Waals surface area contributed by atoms with Crippen LogP contribution in [0.15, 0.2) is 91.1 Å². The molecule has 0 bridgehead atoms. The third-order valence-corrected chi connectivity index (χ3v) is 8.54. The molecule has 46 heavy (non-hydrogen) atoms. The van der Waals surface area contributed by atoms with Crippen molar-refractivity contribution in [2.45, 2.75) is 53.9 Å². The Kier molecular flexibility index (Phi) is 8.95. The molecule has 6 heteroatoms. The Bertz CT molecular complexity index is 2170. The summed E-state index contributed by atoms with van der Waals surface area (Å²) in [6.45, 7) is 10.8. The summed E-state index contributed by atoms with van der Waals surface area (Å²) in [5.74, 6) is 2.09. The Labute approximate surface area is 284 Å². The number of pyridine rings is 1. The molecule has 0 aliphatic rings. The fourth-order valence-corrected chi connectivity index (χ4v) is 6.44. The molecule has 0 aliphatic heterocycles. The van der Waals surface area contributed by atoms with Gasteiger partial charge in [-0.3, -0.25) is 4.68 Å². The number of fused-ring (bicyclic) bond motifs is 3. The van der Waals surface area contributed by atoms with E-state index in [9.17, 15) is 0 Å². The van der Waals surface area contributed by atoms with Crippen molar-refractivity contribution in [1.29, 1.82) is 0 Å². The van der Waals surface area contributed by atoms with E-state index in [0.29, 0.717) is 11.5 Å². The quantitative estimate of drug-likeness (QED) is 0.118. The van der Waals surface area contributed by atoms with E-state index in [1.54, 1.807) is 0 Å². The van der Waals surface area contributed by atoms with E-state index in [1.165, 1.54) is 27.9 Å². The summed E-state index contributed by atoms with van der Waals surface area (Å²) in [6, 6.07) is 36.2. The van der Waals surface area contributed by atoms with Crippen LogP contribution in [-0.2, 0) is 26.8 Å². The molecular weight excluding hydrogens is 659 g/mol. The molecule has 232 valence electrons. The van der Waals surface area contributed by atoms with Crippen molar-refractivity contribution in [2.24, 2.45) is 0 Å². The smallest absolute Gasteiger partial charge is 0.509 e. The van der Waals surface area contributed by atoms with Crippen molar-refractivity contribution in [1.82, 2.24) is 19.3 Å². The van der Waals surface area contributed by atoms with E-state index < -0.39 is 0 Å². The summed E-state index contributed by atoms with van der Waals surface area (Å²) in [7, 11) is 0. The summed E-state index contributed by atoms with van der Waals surface area (Å²) in [6.07, 6.45) is 4.97. The van der Waals surface area contributed by atoms with Gasteiger partial charge in [0, 0.05) is 34.5 Å². The zero-order valence-corrected chi connectivity index (χ0v) is 28.3. The number of para-hydroxylation sites is 1. The molecule has 0 saturated carbocycles. The second kappa shape index (κ2) is 13.1. The molecule has 0 amide bonds. The number of hydrogen-bond acceptors (Lipinski definition) is 3. The number of aryl methyl sites for hydroxylation is 4. The van der Waals surface area contributed by atoms with Crippen LogP contribution >= 0.6 is 0 Å². The summed E-state index contributed by atoms with van der Waals surface area (Å²) >= 11 is 0. The second-order valence-corrected chi connectivity index (χ2v) is 11.8. The number of unbranched alkanes of at least 4 members (excludes halogenated alkanes) is 1. The SMILES string of the molecule is CCCCc1c(-c2c(C)cccc2C)c(C)nn1-c1[c-]c(Oc2[c-]c3c(cc2)c2ccccc2n3-c2cc(C)ccn2)ccc1.[Pd+2]. The number of benzene rings is 4. The van der Waals surface area contributed by atoms with Gasteiger partial charge in [0.05, 0.1) is 5.69 Å². The minimum Gasteiger partial charge on any atom is -0.509 e. The van der Waals surface area contributed by atoms with Crippen molar-refractivity contribution < 1.29 is 25.2 Å². The average Bonchev–Trinajstić information content (AvgIpc) is 3.54. The second-order valence-electron chi connectivity index (χ2n) is 11.8. The third-order valence-electron chi connectivity index (χ3n) is 8.54. The van der Waals surface area contributed by atoms with Gasteiger partial charge in [-0.25, -0.2) is 4.98 Å². The molecule has 0 saturated heterocycles. The first-order valence-electron chi connectivity index (χ1n) is 15.7. The number of nitrogens with zero attached hydrogens (tertiary/aromatic N) is 4. The normalized spacial score (nSPS) is 11.2. The number of aromatic nitrogens is 4. The first-order chi connectivity index (χ1) is 21.9. The van der Waals surface area contributed by atoms with Crippen molar-refractivity contribution >= 4 is 21.8 Å². The van der Waals surface area contributed by atoms with Gasteiger partial charge in [-0.1, -0.05) is 55.3 Å². The topological polar surface area (TPSA) is 44.9 Å². The predicted octanol–water partition coefficient (Wildman–Crippen LogP) is 10.00. The first kappa shape index (κ1) is 31.5. The molecule has 7 rings (SSSR count). The third kappa shape index (κ3) is 5.68. The molecule has 0 fully saturated rings. The summed E-state index contributed by atoms with van der Waals surface area (Å²) in [5.41, 5.74) is 11.3. The van der Waals surface area contributed by atoms with E-state index >= 15 is 0 Å². The Hall–Kier alpha value is -4.50. The van der Waals surface area contributed by atoms with Crippen LogP contribution in [-0.4, -0.2) is 19.3 Å². The van der Waals surface area contributed by atoms with E-state index in [-0.39, 0.29) is 20.4 Å². The minimum absolute atomic E-state index is 0. The molecule has 0 unspecified atom stereocenters. The molecule has 0 radical (unpaired) electrons. The molecular formula is C40H36N4OPd. The summed E-state index contributed by atoms with van der Waals surface area (Å²) < 4.78 is 10.7. The van der Waals surface area contributed by atoms with Crippen molar-refractivity contribution in [3.63, 3.8) is 0 Å². The van der Waals surface area contributed by atoms with Gasteiger partial charge in [-0.15, -0.1) is 35.7 Å². The van der Waals surface area contributed by atoms with Crippen LogP contribution in [0.25, 0.3) is 44.4 Å². The zero-order valence-electron chi connectivity index (χ0n) is 26.8. The van der Waals surface area contributed by atoms with E-state index in [1.807, 2.05) is 30.5 Å². The van der Waals surface area contributed by atoms with Crippen LogP contribution in [0.3, 0.4) is 0 Å². The fourth-order valence-electron chi connectivity index (χ4n) is 6.44. The van der Waals surface area contributed by atoms with Crippen LogP contribution in [0.1, 0.15) is 47.8 Å². The average molecular weight is 695 g/mol. The van der Waals surface area contributed by atoms with Gasteiger partial charge in [0.15, 0.2) is 0 Å². The molecule has 0 N–H and O–H groups in total. The summed E-state index contributed by atoms with van der Waals surface area (Å²) in [4.78, 5) is 4.70. The van der Waals surface area contributed by atoms with Crippen molar-refractivity contribution in [3.05, 3.63) is 131 Å². The fraction of sp³-hybridized carbons (Fsp3) is 0.200. The molecule has 0 aliphatic carbocycles. The summed E-state index contributed by atoms with van der Waals surface area (Å²) in [5, 5.41) is 7.33. The van der Waals surface area contributed by atoms with Crippen LogP contribution in [0.5, 0.6) is 11.5 Å². The van der Waals surface area contributed by atoms with Crippen molar-refractivity contribution in [2.75, 3.05) is 0 Å². The largest absolute Gasteiger partial charge is 2.00 e. The number of rotatable bonds is 8. The van der Waals surface area contributed by atoms with Crippen LogP contribution < -0.4 is 4.74 Å². The predicted molar refractivity (Wildman–Crippen MR) is 183 cm³/mol. The standard InChI is InChI=1S/C40H36N4O.Pd/c1-6-7-17-36-40(39-27(3)12-10-13-28(39)4)29(5)42-44(36)30-14-11-15-31(24-30)45-32-19-20-34-33-16-8-9-18-35(33)43(37(34)25-32)38-23-26(2)21-22-41-38;/h8-16,18-23H,6-7,17H2,1-5H3;/q-2;+2. The Morgan fingerprint density at radius 1 is 0.761 bits per heavy atom. The number of hydrogen-bond donors (Lipinski definition) is 0. The van der Waals surface area contributed by atoms with Gasteiger partial charge < -0.3 is 9.30 Å². The van der Waals surface area contributed by atoms with Gasteiger partial charge in [-0.05, 0) is 92.1 Å². The Balaban J connectivity index is 0.00000372. The maximum atomic E-state index is 6.45. The van der Waals surface area contributed by atoms with E-state index in [4.69, 9.17) is 14.8 Å². The maximum absolute atomic E-state index is 6.45. The first-order valence-corrected chi connectivity index (χ1v) is 15.7. The molecule has 0 atom stereocenters. The van der Waals surface area contributed by atoms with E-state index in [2.05, 4.69) is 117 Å².